The van der Waals surface area contributed by atoms with Gasteiger partial charge in [0.15, 0.2) is 0 Å². The van der Waals surface area contributed by atoms with E-state index in [1.165, 1.54) is 0 Å². The lowest BCUT2D eigenvalue weighted by molar-refractivity contribution is -0.136. The first kappa shape index (κ1) is 15.2. The molecule has 5 heteroatoms. The molecule has 1 atom stereocenters. The highest BCUT2D eigenvalue weighted by Crippen LogP contribution is 2.42. The third-order valence-corrected chi connectivity index (χ3v) is 4.31. The Hall–Kier alpha value is -2.17. The molecule has 0 radical (unpaired) electrons. The Morgan fingerprint density at radius 1 is 1.33 bits per heavy atom. The first-order chi connectivity index (χ1) is 9.77. The second kappa shape index (κ2) is 5.31. The van der Waals surface area contributed by atoms with Gasteiger partial charge in [-0.15, -0.1) is 0 Å². The van der Waals surface area contributed by atoms with E-state index < -0.39 is 11.4 Å². The lowest BCUT2D eigenvalue weighted by Crippen LogP contribution is -2.37. The molecule has 0 aromatic heterocycles. The predicted octanol–water partition coefficient (Wildman–Crippen LogP) is 2.24. The molecule has 1 fully saturated rings. The Kier molecular flexibility index (Phi) is 3.85. The number of nitrogens with zero attached hydrogens (tertiary/aromatic N) is 1. The van der Waals surface area contributed by atoms with E-state index in [4.69, 9.17) is 5.11 Å². The maximum Gasteiger partial charge on any atom is 0.307 e. The number of imide groups is 1. The molecule has 1 aliphatic heterocycles. The molecule has 112 valence electrons. The van der Waals surface area contributed by atoms with E-state index in [2.05, 4.69) is 0 Å². The SMILES string of the molecule is CC(C)C1(C)CC(=O)N(c2ccccc2CC(=O)O)C1=O. The number of amides is 2. The van der Waals surface area contributed by atoms with Crippen LogP contribution in [0.2, 0.25) is 0 Å². The highest BCUT2D eigenvalue weighted by atomic mass is 16.4. The molecule has 0 bridgehead atoms. The predicted molar refractivity (Wildman–Crippen MR) is 77.8 cm³/mol. The monoisotopic (exact) mass is 289 g/mol. The van der Waals surface area contributed by atoms with Crippen LogP contribution in [-0.2, 0) is 20.8 Å². The van der Waals surface area contributed by atoms with Gasteiger partial charge in [-0.2, -0.15) is 0 Å². The average molecular weight is 289 g/mol. The van der Waals surface area contributed by atoms with Gasteiger partial charge in [0.1, 0.15) is 0 Å². The fourth-order valence-electron chi connectivity index (χ4n) is 2.57. The fraction of sp³-hybridized carbons (Fsp3) is 0.438. The van der Waals surface area contributed by atoms with Crippen molar-refractivity contribution in [3.05, 3.63) is 29.8 Å². The molecule has 1 heterocycles. The Morgan fingerprint density at radius 3 is 2.48 bits per heavy atom. The van der Waals surface area contributed by atoms with Crippen molar-refractivity contribution in [2.75, 3.05) is 4.90 Å². The van der Waals surface area contributed by atoms with Crippen molar-refractivity contribution in [3.8, 4) is 0 Å². The third-order valence-electron chi connectivity index (χ3n) is 4.31. The molecule has 1 saturated heterocycles. The van der Waals surface area contributed by atoms with E-state index in [1.54, 1.807) is 31.2 Å². The van der Waals surface area contributed by atoms with Crippen LogP contribution in [-0.4, -0.2) is 22.9 Å². The summed E-state index contributed by atoms with van der Waals surface area (Å²) in [4.78, 5) is 37.1. The summed E-state index contributed by atoms with van der Waals surface area (Å²) in [6.07, 6.45) is -0.0590. The third kappa shape index (κ3) is 2.55. The maximum atomic E-state index is 12.7. The number of hydrogen-bond donors (Lipinski definition) is 1. The molecule has 1 N–H and O–H groups in total. The van der Waals surface area contributed by atoms with Crippen molar-refractivity contribution in [1.82, 2.24) is 0 Å². The quantitative estimate of drug-likeness (QED) is 0.863. The van der Waals surface area contributed by atoms with Gasteiger partial charge in [0.25, 0.3) is 0 Å². The minimum Gasteiger partial charge on any atom is -0.481 e. The molecule has 0 aliphatic carbocycles. The van der Waals surface area contributed by atoms with Crippen LogP contribution >= 0.6 is 0 Å². The van der Waals surface area contributed by atoms with Crippen LogP contribution < -0.4 is 4.90 Å². The van der Waals surface area contributed by atoms with E-state index in [1.807, 2.05) is 13.8 Å². The van der Waals surface area contributed by atoms with Crippen molar-refractivity contribution in [2.45, 2.75) is 33.6 Å². The van der Waals surface area contributed by atoms with Gasteiger partial charge in [-0.25, -0.2) is 4.90 Å². The molecule has 1 aromatic carbocycles. The number of carbonyl (C=O) groups excluding carboxylic acids is 2. The van der Waals surface area contributed by atoms with Crippen molar-refractivity contribution in [2.24, 2.45) is 11.3 Å². The van der Waals surface area contributed by atoms with Crippen LogP contribution in [0.1, 0.15) is 32.8 Å². The number of carbonyl (C=O) groups is 3. The zero-order valence-corrected chi connectivity index (χ0v) is 12.4. The number of carboxylic acid groups (broad SMARTS) is 1. The summed E-state index contributed by atoms with van der Waals surface area (Å²) in [5.74, 6) is -1.48. The zero-order chi connectivity index (χ0) is 15.8. The van der Waals surface area contributed by atoms with Gasteiger partial charge in [0.05, 0.1) is 17.5 Å². The summed E-state index contributed by atoms with van der Waals surface area (Å²) in [7, 11) is 0. The Labute approximate surface area is 123 Å². The summed E-state index contributed by atoms with van der Waals surface area (Å²) in [6, 6.07) is 6.66. The molecule has 1 unspecified atom stereocenters. The largest absolute Gasteiger partial charge is 0.481 e. The number of carboxylic acids is 1. The Bertz CT molecular complexity index is 608. The summed E-state index contributed by atoms with van der Waals surface area (Å²) in [5.41, 5.74) is 0.131. The van der Waals surface area contributed by atoms with E-state index >= 15 is 0 Å². The van der Waals surface area contributed by atoms with Crippen LogP contribution in [0.15, 0.2) is 24.3 Å². The molecular formula is C16H19NO4. The highest BCUT2D eigenvalue weighted by Gasteiger charge is 2.50. The van der Waals surface area contributed by atoms with Crippen LogP contribution in [0.5, 0.6) is 0 Å². The van der Waals surface area contributed by atoms with E-state index in [0.717, 1.165) is 4.90 Å². The highest BCUT2D eigenvalue weighted by molar-refractivity contribution is 6.23. The van der Waals surface area contributed by atoms with Crippen molar-refractivity contribution < 1.29 is 19.5 Å². The van der Waals surface area contributed by atoms with Gasteiger partial charge in [-0.05, 0) is 24.5 Å². The van der Waals surface area contributed by atoms with E-state index in [-0.39, 0.29) is 30.6 Å². The number of para-hydroxylation sites is 1. The van der Waals surface area contributed by atoms with Gasteiger partial charge >= 0.3 is 5.97 Å². The zero-order valence-electron chi connectivity index (χ0n) is 12.4. The van der Waals surface area contributed by atoms with Crippen LogP contribution in [0, 0.1) is 11.3 Å². The van der Waals surface area contributed by atoms with Crippen LogP contribution in [0.25, 0.3) is 0 Å². The number of hydrogen-bond acceptors (Lipinski definition) is 3. The van der Waals surface area contributed by atoms with Gasteiger partial charge < -0.3 is 5.11 Å². The molecular weight excluding hydrogens is 270 g/mol. The Morgan fingerprint density at radius 2 is 1.95 bits per heavy atom. The summed E-state index contributed by atoms with van der Waals surface area (Å²) < 4.78 is 0. The number of aliphatic carboxylic acids is 1. The summed E-state index contributed by atoms with van der Waals surface area (Å²) >= 11 is 0. The van der Waals surface area contributed by atoms with Gasteiger partial charge in [-0.3, -0.25) is 14.4 Å². The normalized spacial score (nSPS) is 22.2. The van der Waals surface area contributed by atoms with Crippen molar-refractivity contribution >= 4 is 23.5 Å². The molecule has 2 rings (SSSR count). The first-order valence-corrected chi connectivity index (χ1v) is 6.94. The number of rotatable bonds is 4. The molecule has 21 heavy (non-hydrogen) atoms. The lowest BCUT2D eigenvalue weighted by atomic mass is 9.78. The molecule has 0 spiro atoms. The fourth-order valence-corrected chi connectivity index (χ4v) is 2.57. The molecule has 0 saturated carbocycles. The standard InChI is InChI=1S/C16H19NO4/c1-10(2)16(3)9-13(18)17(15(16)21)12-7-5-4-6-11(12)8-14(19)20/h4-7,10H,8-9H2,1-3H3,(H,19,20). The molecule has 1 aliphatic rings. The Balaban J connectivity index is 2.46. The van der Waals surface area contributed by atoms with E-state index in [0.29, 0.717) is 11.3 Å². The lowest BCUT2D eigenvalue weighted by Gasteiger charge is -2.26. The van der Waals surface area contributed by atoms with Gasteiger partial charge in [0, 0.05) is 6.42 Å². The molecule has 5 nitrogen and oxygen atoms in total. The van der Waals surface area contributed by atoms with Gasteiger partial charge in [-0.1, -0.05) is 32.0 Å². The topological polar surface area (TPSA) is 74.7 Å². The van der Waals surface area contributed by atoms with Crippen molar-refractivity contribution in [1.29, 1.82) is 0 Å². The number of benzene rings is 1. The first-order valence-electron chi connectivity index (χ1n) is 6.94. The van der Waals surface area contributed by atoms with E-state index in [9.17, 15) is 14.4 Å². The molecule has 1 aromatic rings. The minimum absolute atomic E-state index is 0.0329. The van der Waals surface area contributed by atoms with Gasteiger partial charge in [0.2, 0.25) is 11.8 Å². The second-order valence-electron chi connectivity index (χ2n) is 5.98. The second-order valence-corrected chi connectivity index (χ2v) is 5.98. The number of anilines is 1. The molecule has 2 amide bonds. The minimum atomic E-state index is -0.992. The summed E-state index contributed by atoms with van der Waals surface area (Å²) in [5, 5.41) is 8.97. The van der Waals surface area contributed by atoms with Crippen LogP contribution in [0.3, 0.4) is 0 Å². The maximum absolute atomic E-state index is 12.7. The van der Waals surface area contributed by atoms with Crippen LogP contribution in [0.4, 0.5) is 5.69 Å². The van der Waals surface area contributed by atoms with Crippen molar-refractivity contribution in [3.63, 3.8) is 0 Å². The smallest absolute Gasteiger partial charge is 0.307 e. The average Bonchev–Trinajstić information content (AvgIpc) is 2.62. The summed E-state index contributed by atoms with van der Waals surface area (Å²) in [6.45, 7) is 5.62.